The Morgan fingerprint density at radius 1 is 1.26 bits per heavy atom. The van der Waals surface area contributed by atoms with Crippen molar-refractivity contribution in [2.75, 3.05) is 6.54 Å². The SMILES string of the molecule is C/C=c1/sc(=CC=C2Oc3ccccc3[NH+]2CC)c(=O)n1CC. The number of allylic oxidation sites excluding steroid dienone is 1. The first kappa shape index (κ1) is 15.8. The van der Waals surface area contributed by atoms with Crippen LogP contribution in [0.15, 0.2) is 41.0 Å². The van der Waals surface area contributed by atoms with Crippen molar-refractivity contribution < 1.29 is 9.64 Å². The minimum atomic E-state index is 0.0657. The van der Waals surface area contributed by atoms with Gasteiger partial charge in [0.2, 0.25) is 0 Å². The van der Waals surface area contributed by atoms with Crippen LogP contribution in [-0.2, 0) is 6.54 Å². The Labute approximate surface area is 139 Å². The highest BCUT2D eigenvalue weighted by Crippen LogP contribution is 2.26. The molecule has 4 nitrogen and oxygen atoms in total. The molecule has 2 aromatic rings. The zero-order chi connectivity index (χ0) is 16.4. The molecule has 1 aliphatic rings. The molecular weight excluding hydrogens is 308 g/mol. The Balaban J connectivity index is 2.04. The predicted molar refractivity (Wildman–Crippen MR) is 94.4 cm³/mol. The summed E-state index contributed by atoms with van der Waals surface area (Å²) in [5.74, 6) is 1.73. The fourth-order valence-corrected chi connectivity index (χ4v) is 3.83. The first-order valence-electron chi connectivity index (χ1n) is 7.91. The highest BCUT2D eigenvalue weighted by molar-refractivity contribution is 7.07. The average Bonchev–Trinajstić information content (AvgIpc) is 3.09. The van der Waals surface area contributed by atoms with E-state index in [1.807, 2.05) is 50.3 Å². The van der Waals surface area contributed by atoms with Gasteiger partial charge in [0.25, 0.3) is 5.56 Å². The predicted octanol–water partition coefficient (Wildman–Crippen LogP) is 0.981. The van der Waals surface area contributed by atoms with E-state index in [4.69, 9.17) is 4.74 Å². The number of aromatic nitrogens is 1. The first-order chi connectivity index (χ1) is 11.2. The molecule has 0 fully saturated rings. The molecule has 1 N–H and O–H groups in total. The maximum Gasteiger partial charge on any atom is 0.300 e. The van der Waals surface area contributed by atoms with Gasteiger partial charge in [-0.1, -0.05) is 18.2 Å². The molecule has 3 rings (SSSR count). The van der Waals surface area contributed by atoms with E-state index in [2.05, 4.69) is 13.0 Å². The van der Waals surface area contributed by atoms with Crippen molar-refractivity contribution in [1.82, 2.24) is 4.57 Å². The number of thiazole rings is 1. The Bertz CT molecular complexity index is 921. The van der Waals surface area contributed by atoms with Gasteiger partial charge in [-0.25, -0.2) is 4.90 Å². The normalized spacial score (nSPS) is 20.1. The van der Waals surface area contributed by atoms with E-state index in [0.29, 0.717) is 6.54 Å². The van der Waals surface area contributed by atoms with Crippen molar-refractivity contribution >= 4 is 29.2 Å². The van der Waals surface area contributed by atoms with Crippen LogP contribution in [-0.4, -0.2) is 11.1 Å². The topological polar surface area (TPSA) is 35.7 Å². The summed E-state index contributed by atoms with van der Waals surface area (Å²) in [7, 11) is 0. The molecule has 1 aliphatic heterocycles. The van der Waals surface area contributed by atoms with Crippen molar-refractivity contribution in [3.63, 3.8) is 0 Å². The van der Waals surface area contributed by atoms with Crippen LogP contribution < -0.4 is 24.4 Å². The molecule has 0 bridgehead atoms. The number of quaternary nitrogens is 1. The lowest BCUT2D eigenvalue weighted by Gasteiger charge is -2.07. The van der Waals surface area contributed by atoms with E-state index < -0.39 is 0 Å². The van der Waals surface area contributed by atoms with Crippen molar-refractivity contribution in [3.8, 4) is 5.75 Å². The fraction of sp³-hybridized carbons (Fsp3) is 0.278. The van der Waals surface area contributed by atoms with Gasteiger partial charge in [-0.15, -0.1) is 11.3 Å². The number of nitrogens with one attached hydrogen (secondary N) is 1. The van der Waals surface area contributed by atoms with Crippen LogP contribution in [0.3, 0.4) is 0 Å². The van der Waals surface area contributed by atoms with Gasteiger partial charge in [0.1, 0.15) is 0 Å². The fourth-order valence-electron chi connectivity index (χ4n) is 2.83. The van der Waals surface area contributed by atoms with Crippen LogP contribution >= 0.6 is 11.3 Å². The summed E-state index contributed by atoms with van der Waals surface area (Å²) in [6, 6.07) is 8.05. The number of ether oxygens (including phenoxy) is 1. The second kappa shape index (κ2) is 6.56. The van der Waals surface area contributed by atoms with Crippen molar-refractivity contribution in [1.29, 1.82) is 0 Å². The zero-order valence-corrected chi connectivity index (χ0v) is 14.4. The maximum atomic E-state index is 12.4. The summed E-state index contributed by atoms with van der Waals surface area (Å²) < 4.78 is 9.47. The molecule has 0 spiro atoms. The number of para-hydroxylation sites is 2. The van der Waals surface area contributed by atoms with Gasteiger partial charge in [0.15, 0.2) is 11.4 Å². The monoisotopic (exact) mass is 329 g/mol. The molecule has 0 saturated heterocycles. The maximum absolute atomic E-state index is 12.4. The van der Waals surface area contributed by atoms with E-state index in [1.165, 1.54) is 16.2 Å². The third-order valence-electron chi connectivity index (χ3n) is 3.97. The summed E-state index contributed by atoms with van der Waals surface area (Å²) in [6.45, 7) is 7.65. The standard InChI is InChI=1S/C18H20N2O2S/c1-4-17-20(6-3)18(21)15(23-17)11-12-16-19(5-2)13-9-7-8-10-14(13)22-16/h4,7-12H,5-6H2,1-3H3/p+1/b15-11?,16-12?,17-4+. The Kier molecular flexibility index (Phi) is 4.50. The molecule has 2 heterocycles. The van der Waals surface area contributed by atoms with Crippen molar-refractivity contribution in [3.05, 3.63) is 55.8 Å². The molecule has 120 valence electrons. The number of hydrogen-bond acceptors (Lipinski definition) is 3. The average molecular weight is 329 g/mol. The summed E-state index contributed by atoms with van der Waals surface area (Å²) in [5.41, 5.74) is 1.21. The number of rotatable bonds is 3. The second-order valence-corrected chi connectivity index (χ2v) is 6.33. The summed E-state index contributed by atoms with van der Waals surface area (Å²) in [4.78, 5) is 13.6. The highest BCUT2D eigenvalue weighted by Gasteiger charge is 2.30. The molecule has 1 unspecified atom stereocenters. The molecule has 0 saturated carbocycles. The molecule has 0 radical (unpaired) electrons. The number of fused-ring (bicyclic) bond motifs is 1. The van der Waals surface area contributed by atoms with Gasteiger partial charge in [-0.2, -0.15) is 0 Å². The molecule has 1 atom stereocenters. The molecule has 0 amide bonds. The summed E-state index contributed by atoms with van der Waals surface area (Å²) >= 11 is 1.52. The highest BCUT2D eigenvalue weighted by atomic mass is 32.1. The molecule has 1 aromatic carbocycles. The van der Waals surface area contributed by atoms with Crippen LogP contribution in [0.4, 0.5) is 5.69 Å². The molecule has 0 aliphatic carbocycles. The summed E-state index contributed by atoms with van der Waals surface area (Å²) in [6.07, 6.45) is 5.78. The van der Waals surface area contributed by atoms with Crippen molar-refractivity contribution in [2.45, 2.75) is 27.3 Å². The van der Waals surface area contributed by atoms with Crippen LogP contribution in [0.1, 0.15) is 20.8 Å². The molecule has 5 heteroatoms. The van der Waals surface area contributed by atoms with Crippen LogP contribution in [0.2, 0.25) is 0 Å². The van der Waals surface area contributed by atoms with E-state index in [1.54, 1.807) is 4.57 Å². The smallest absolute Gasteiger partial charge is 0.300 e. The van der Waals surface area contributed by atoms with Gasteiger partial charge in [0.05, 0.1) is 15.7 Å². The van der Waals surface area contributed by atoms with Crippen LogP contribution in [0.5, 0.6) is 5.75 Å². The minimum absolute atomic E-state index is 0.0657. The van der Waals surface area contributed by atoms with E-state index in [9.17, 15) is 4.79 Å². The van der Waals surface area contributed by atoms with Gasteiger partial charge < -0.3 is 4.74 Å². The summed E-state index contributed by atoms with van der Waals surface area (Å²) in [5, 5.41) is 0. The van der Waals surface area contributed by atoms with Gasteiger partial charge >= 0.3 is 5.88 Å². The third-order valence-corrected chi connectivity index (χ3v) is 5.16. The van der Waals surface area contributed by atoms with Gasteiger partial charge in [-0.3, -0.25) is 9.36 Å². The third kappa shape index (κ3) is 2.78. The number of nitrogens with zero attached hydrogens (tertiary/aromatic N) is 1. The quantitative estimate of drug-likeness (QED) is 0.911. The van der Waals surface area contributed by atoms with Crippen LogP contribution in [0, 0.1) is 0 Å². The Morgan fingerprint density at radius 3 is 2.70 bits per heavy atom. The lowest BCUT2D eigenvalue weighted by atomic mass is 10.3. The van der Waals surface area contributed by atoms with E-state index in [-0.39, 0.29) is 5.56 Å². The van der Waals surface area contributed by atoms with Gasteiger partial charge in [0, 0.05) is 18.7 Å². The van der Waals surface area contributed by atoms with Crippen LogP contribution in [0.25, 0.3) is 12.2 Å². The molecule has 23 heavy (non-hydrogen) atoms. The number of hydrogen-bond donors (Lipinski definition) is 1. The largest absolute Gasteiger partial charge is 0.406 e. The number of benzene rings is 1. The molecule has 1 aromatic heterocycles. The van der Waals surface area contributed by atoms with Gasteiger partial charge in [-0.05, 0) is 32.9 Å². The Morgan fingerprint density at radius 2 is 2.04 bits per heavy atom. The Hall–Kier alpha value is -2.11. The molecular formula is C18H21N2O2S+. The second-order valence-electron chi connectivity index (χ2n) is 5.27. The van der Waals surface area contributed by atoms with E-state index in [0.717, 1.165) is 33.1 Å². The first-order valence-corrected chi connectivity index (χ1v) is 8.72. The van der Waals surface area contributed by atoms with E-state index >= 15 is 0 Å². The van der Waals surface area contributed by atoms with Crippen molar-refractivity contribution in [2.24, 2.45) is 0 Å². The zero-order valence-electron chi connectivity index (χ0n) is 13.6. The lowest BCUT2D eigenvalue weighted by molar-refractivity contribution is -0.793. The minimum Gasteiger partial charge on any atom is -0.406 e. The lowest BCUT2D eigenvalue weighted by Crippen LogP contribution is -3.04.